The van der Waals surface area contributed by atoms with Crippen molar-refractivity contribution in [2.45, 2.75) is 19.4 Å². The van der Waals surface area contributed by atoms with Crippen molar-refractivity contribution >= 4 is 29.1 Å². The van der Waals surface area contributed by atoms with Gasteiger partial charge in [0.15, 0.2) is 0 Å². The summed E-state index contributed by atoms with van der Waals surface area (Å²) >= 11 is 6.27. The Balaban J connectivity index is 2.21. The second-order valence-corrected chi connectivity index (χ2v) is 7.85. The predicted molar refractivity (Wildman–Crippen MR) is 121 cm³/mol. The van der Waals surface area contributed by atoms with Gasteiger partial charge in [0, 0.05) is 26.3 Å². The maximum atomic E-state index is 13.1. The van der Waals surface area contributed by atoms with Crippen molar-refractivity contribution in [1.29, 1.82) is 0 Å². The monoisotopic (exact) mass is 459 g/mol. The number of hydrogen-bond acceptors (Lipinski definition) is 6. The van der Waals surface area contributed by atoms with Gasteiger partial charge in [-0.3, -0.25) is 9.59 Å². The van der Waals surface area contributed by atoms with Gasteiger partial charge in [-0.25, -0.2) is 0 Å². The minimum absolute atomic E-state index is 0.0162. The third kappa shape index (κ3) is 4.45. The van der Waals surface area contributed by atoms with Crippen LogP contribution in [0.5, 0.6) is 11.5 Å². The molecule has 0 bridgehead atoms. The van der Waals surface area contributed by atoms with E-state index in [2.05, 4.69) is 0 Å². The molecule has 170 valence electrons. The summed E-state index contributed by atoms with van der Waals surface area (Å²) in [6, 6.07) is 9.73. The zero-order valence-corrected chi connectivity index (χ0v) is 19.2. The molecule has 8 heteroatoms. The van der Waals surface area contributed by atoms with Gasteiger partial charge in [-0.1, -0.05) is 41.4 Å². The van der Waals surface area contributed by atoms with Crippen molar-refractivity contribution in [3.8, 4) is 11.5 Å². The van der Waals surface area contributed by atoms with E-state index < -0.39 is 17.7 Å². The number of aryl methyl sites for hydroxylation is 1. The second kappa shape index (κ2) is 10.1. The largest absolute Gasteiger partial charge is 0.507 e. The zero-order valence-electron chi connectivity index (χ0n) is 18.5. The number of aliphatic hydroxyl groups is 1. The number of benzene rings is 2. The van der Waals surface area contributed by atoms with Crippen molar-refractivity contribution in [2.24, 2.45) is 0 Å². The van der Waals surface area contributed by atoms with E-state index in [0.29, 0.717) is 25.3 Å². The number of ether oxygens (including phenoxy) is 3. The number of carbonyl (C=O) groups excluding carboxylic acids is 2. The number of methoxy groups -OCH3 is 3. The van der Waals surface area contributed by atoms with Gasteiger partial charge in [0.25, 0.3) is 11.7 Å². The molecule has 0 spiro atoms. The third-order valence-electron chi connectivity index (χ3n) is 5.37. The maximum absolute atomic E-state index is 13.1. The van der Waals surface area contributed by atoms with Crippen molar-refractivity contribution < 1.29 is 28.9 Å². The molecule has 0 aliphatic carbocycles. The summed E-state index contributed by atoms with van der Waals surface area (Å²) in [5.74, 6) is -1.17. The van der Waals surface area contributed by atoms with E-state index in [1.165, 1.54) is 31.3 Å². The van der Waals surface area contributed by atoms with Gasteiger partial charge in [-0.15, -0.1) is 0 Å². The molecule has 1 saturated heterocycles. The quantitative estimate of drug-likeness (QED) is 0.276. The van der Waals surface area contributed by atoms with E-state index in [1.807, 2.05) is 31.2 Å². The van der Waals surface area contributed by atoms with Crippen molar-refractivity contribution in [3.63, 3.8) is 0 Å². The molecule has 32 heavy (non-hydrogen) atoms. The van der Waals surface area contributed by atoms with Crippen LogP contribution in [0.15, 0.2) is 42.0 Å². The van der Waals surface area contributed by atoms with Gasteiger partial charge in [0.05, 0.1) is 36.4 Å². The molecular formula is C24H26ClNO6. The zero-order chi connectivity index (χ0) is 23.4. The van der Waals surface area contributed by atoms with E-state index in [1.54, 1.807) is 7.11 Å². The summed E-state index contributed by atoms with van der Waals surface area (Å²) in [5, 5.41) is 11.5. The second-order valence-electron chi connectivity index (χ2n) is 7.44. The molecule has 1 N–H and O–H groups in total. The summed E-state index contributed by atoms with van der Waals surface area (Å²) in [5.41, 5.74) is 1.88. The fourth-order valence-corrected chi connectivity index (χ4v) is 4.11. The lowest BCUT2D eigenvalue weighted by atomic mass is 9.94. The van der Waals surface area contributed by atoms with E-state index in [-0.39, 0.29) is 27.7 Å². The number of ketones is 1. The van der Waals surface area contributed by atoms with Gasteiger partial charge >= 0.3 is 0 Å². The van der Waals surface area contributed by atoms with Crippen LogP contribution in [0.3, 0.4) is 0 Å². The first kappa shape index (κ1) is 23.6. The van der Waals surface area contributed by atoms with E-state index in [9.17, 15) is 14.7 Å². The van der Waals surface area contributed by atoms with E-state index in [0.717, 1.165) is 11.1 Å². The number of aliphatic hydroxyl groups excluding tert-OH is 1. The molecular weight excluding hydrogens is 434 g/mol. The molecule has 1 heterocycles. The summed E-state index contributed by atoms with van der Waals surface area (Å²) in [7, 11) is 4.47. The Hall–Kier alpha value is -3.03. The Kier molecular flexibility index (Phi) is 7.43. The van der Waals surface area contributed by atoms with Crippen LogP contribution in [0, 0.1) is 6.92 Å². The highest BCUT2D eigenvalue weighted by Crippen LogP contribution is 2.43. The standard InChI is InChI=1S/C24H26ClNO6/c1-14-7-5-8-15(11-14)21-20(23(28)24(29)26(21)9-6-10-30-2)22(27)16-12-17(25)19(32-4)13-18(16)31-3/h5,7-8,11-13,21,27H,6,9-10H2,1-4H3/b22-20+. The lowest BCUT2D eigenvalue weighted by Crippen LogP contribution is -2.31. The number of hydrogen-bond donors (Lipinski definition) is 1. The van der Waals surface area contributed by atoms with Crippen LogP contribution >= 0.6 is 11.6 Å². The van der Waals surface area contributed by atoms with Gasteiger partial charge < -0.3 is 24.2 Å². The average Bonchev–Trinajstić information content (AvgIpc) is 3.03. The van der Waals surface area contributed by atoms with Crippen LogP contribution in [-0.2, 0) is 14.3 Å². The molecule has 1 aliphatic heterocycles. The van der Waals surface area contributed by atoms with Gasteiger partial charge in [-0.2, -0.15) is 0 Å². The summed E-state index contributed by atoms with van der Waals surface area (Å²) in [6.45, 7) is 2.66. The molecule has 1 amide bonds. The van der Waals surface area contributed by atoms with Gasteiger partial charge in [0.2, 0.25) is 0 Å². The topological polar surface area (TPSA) is 85.3 Å². The smallest absolute Gasteiger partial charge is 0.295 e. The number of nitrogens with zero attached hydrogens (tertiary/aromatic N) is 1. The number of halogens is 1. The highest BCUT2D eigenvalue weighted by Gasteiger charge is 2.46. The summed E-state index contributed by atoms with van der Waals surface area (Å²) in [6.07, 6.45) is 0.545. The van der Waals surface area contributed by atoms with Crippen molar-refractivity contribution in [2.75, 3.05) is 34.5 Å². The van der Waals surface area contributed by atoms with Crippen LogP contribution in [-0.4, -0.2) is 56.2 Å². The Bertz CT molecular complexity index is 1060. The minimum Gasteiger partial charge on any atom is -0.507 e. The minimum atomic E-state index is -0.764. The number of Topliss-reactive ketones (excluding diaryl/α,β-unsaturated/α-hetero) is 1. The molecule has 3 rings (SSSR count). The van der Waals surface area contributed by atoms with Crippen LogP contribution in [0.4, 0.5) is 0 Å². The van der Waals surface area contributed by atoms with Crippen LogP contribution in [0.2, 0.25) is 5.02 Å². The van der Waals surface area contributed by atoms with Crippen molar-refractivity contribution in [3.05, 3.63) is 63.7 Å². The normalized spacial score (nSPS) is 17.7. The SMILES string of the molecule is COCCCN1C(=O)C(=O)/C(=C(/O)c2cc(Cl)c(OC)cc2OC)C1c1cccc(C)c1. The first-order chi connectivity index (χ1) is 15.3. The Labute approximate surface area is 192 Å². The lowest BCUT2D eigenvalue weighted by molar-refractivity contribution is -0.140. The molecule has 0 saturated carbocycles. The molecule has 1 fully saturated rings. The highest BCUT2D eigenvalue weighted by molar-refractivity contribution is 6.46. The Morgan fingerprint density at radius 1 is 1.09 bits per heavy atom. The van der Waals surface area contributed by atoms with Crippen LogP contribution < -0.4 is 9.47 Å². The summed E-state index contributed by atoms with van der Waals surface area (Å²) in [4.78, 5) is 27.5. The molecule has 1 unspecified atom stereocenters. The fraction of sp³-hybridized carbons (Fsp3) is 0.333. The molecule has 2 aromatic rings. The van der Waals surface area contributed by atoms with E-state index in [4.69, 9.17) is 25.8 Å². The Morgan fingerprint density at radius 3 is 2.44 bits per heavy atom. The molecule has 2 aromatic carbocycles. The van der Waals surface area contributed by atoms with Crippen molar-refractivity contribution in [1.82, 2.24) is 4.90 Å². The third-order valence-corrected chi connectivity index (χ3v) is 5.67. The average molecular weight is 460 g/mol. The molecule has 1 aliphatic rings. The highest BCUT2D eigenvalue weighted by atomic mass is 35.5. The fourth-order valence-electron chi connectivity index (χ4n) is 3.87. The van der Waals surface area contributed by atoms with Gasteiger partial charge in [-0.05, 0) is 25.0 Å². The number of rotatable bonds is 8. The first-order valence-electron chi connectivity index (χ1n) is 10.1. The van der Waals surface area contributed by atoms with Gasteiger partial charge in [0.1, 0.15) is 17.3 Å². The molecule has 0 aromatic heterocycles. The number of carbonyl (C=O) groups is 2. The predicted octanol–water partition coefficient (Wildman–Crippen LogP) is 4.12. The van der Waals surface area contributed by atoms with Crippen LogP contribution in [0.1, 0.15) is 29.2 Å². The molecule has 7 nitrogen and oxygen atoms in total. The number of likely N-dealkylation sites (tertiary alicyclic amines) is 1. The molecule has 0 radical (unpaired) electrons. The molecule has 1 atom stereocenters. The maximum Gasteiger partial charge on any atom is 0.295 e. The van der Waals surface area contributed by atoms with E-state index >= 15 is 0 Å². The summed E-state index contributed by atoms with van der Waals surface area (Å²) < 4.78 is 15.7. The number of amides is 1. The lowest BCUT2D eigenvalue weighted by Gasteiger charge is -2.25. The Morgan fingerprint density at radius 2 is 1.81 bits per heavy atom. The van der Waals surface area contributed by atoms with Crippen LogP contribution in [0.25, 0.3) is 5.76 Å². The first-order valence-corrected chi connectivity index (χ1v) is 10.5.